The molecule has 0 amide bonds. The maximum atomic E-state index is 12.1. The van der Waals surface area contributed by atoms with E-state index < -0.39 is 6.10 Å². The number of ether oxygens (including phenoxy) is 2. The summed E-state index contributed by atoms with van der Waals surface area (Å²) in [5.74, 6) is 0.242. The molecule has 38 heavy (non-hydrogen) atoms. The topological polar surface area (TPSA) is 72.8 Å². The lowest BCUT2D eigenvalue weighted by Gasteiger charge is -2.15. The molecule has 0 saturated carbocycles. The highest BCUT2D eigenvalue weighted by Crippen LogP contribution is 2.15. The van der Waals surface area contributed by atoms with Crippen molar-refractivity contribution in [2.75, 3.05) is 13.2 Å². The molecule has 0 aliphatic rings. The number of carbonyl (C=O) groups is 2. The van der Waals surface area contributed by atoms with Gasteiger partial charge in [0.15, 0.2) is 6.10 Å². The molecule has 0 aromatic carbocycles. The second-order valence-electron chi connectivity index (χ2n) is 11.5. The van der Waals surface area contributed by atoms with Crippen LogP contribution in [0.15, 0.2) is 0 Å². The molecule has 5 nitrogen and oxygen atoms in total. The molecular formula is C33H64O5. The van der Waals surface area contributed by atoms with Gasteiger partial charge in [0.05, 0.1) is 6.61 Å². The summed E-state index contributed by atoms with van der Waals surface area (Å²) in [6, 6.07) is 0. The number of hydrogen-bond donors (Lipinski definition) is 1. The van der Waals surface area contributed by atoms with E-state index in [1.807, 2.05) is 0 Å². The Kier molecular flexibility index (Phi) is 28.1. The maximum absolute atomic E-state index is 12.1. The van der Waals surface area contributed by atoms with Crippen molar-refractivity contribution in [1.29, 1.82) is 0 Å². The molecule has 0 spiro atoms. The Hall–Kier alpha value is -1.10. The first kappa shape index (κ1) is 36.9. The van der Waals surface area contributed by atoms with Gasteiger partial charge in [-0.2, -0.15) is 0 Å². The number of aliphatic hydroxyl groups excluding tert-OH is 1. The van der Waals surface area contributed by atoms with Crippen LogP contribution in [0.5, 0.6) is 0 Å². The quantitative estimate of drug-likeness (QED) is 0.0755. The fourth-order valence-corrected chi connectivity index (χ4v) is 4.76. The predicted molar refractivity (Wildman–Crippen MR) is 159 cm³/mol. The van der Waals surface area contributed by atoms with Crippen molar-refractivity contribution < 1.29 is 24.2 Å². The Morgan fingerprint density at radius 3 is 1.47 bits per heavy atom. The molecule has 0 aliphatic heterocycles. The van der Waals surface area contributed by atoms with Crippen LogP contribution in [-0.4, -0.2) is 36.4 Å². The van der Waals surface area contributed by atoms with Gasteiger partial charge in [0, 0.05) is 12.8 Å². The molecule has 226 valence electrons. The smallest absolute Gasteiger partial charge is 0.306 e. The van der Waals surface area contributed by atoms with Gasteiger partial charge >= 0.3 is 11.9 Å². The Morgan fingerprint density at radius 2 is 1.03 bits per heavy atom. The van der Waals surface area contributed by atoms with E-state index in [4.69, 9.17) is 9.47 Å². The monoisotopic (exact) mass is 540 g/mol. The van der Waals surface area contributed by atoms with Crippen LogP contribution in [0.4, 0.5) is 0 Å². The summed E-state index contributed by atoms with van der Waals surface area (Å²) < 4.78 is 10.5. The summed E-state index contributed by atoms with van der Waals surface area (Å²) >= 11 is 0. The molecule has 0 fully saturated rings. The highest BCUT2D eigenvalue weighted by atomic mass is 16.6. The van der Waals surface area contributed by atoms with Gasteiger partial charge in [-0.05, 0) is 18.8 Å². The first-order valence-corrected chi connectivity index (χ1v) is 16.5. The third-order valence-corrected chi connectivity index (χ3v) is 7.69. The number of esters is 2. The molecule has 0 radical (unpaired) electrons. The second kappa shape index (κ2) is 28.9. The number of carbonyl (C=O) groups excluding carboxylic acids is 2. The standard InChI is InChI=1S/C33H64O5/c1-4-6-7-8-9-10-11-12-13-14-15-16-21-24-27-33(36)38-31(28-34)29-37-32(35)26-23-20-18-17-19-22-25-30(3)5-2/h30-31,34H,4-29H2,1-3H3/t30?,31-/m0/s1. The molecule has 1 unspecified atom stereocenters. The third kappa shape index (κ3) is 26.5. The molecule has 0 rings (SSSR count). The third-order valence-electron chi connectivity index (χ3n) is 7.69. The first-order chi connectivity index (χ1) is 18.5. The van der Waals surface area contributed by atoms with Crippen LogP contribution in [0.1, 0.15) is 175 Å². The Bertz CT molecular complexity index is 522. The number of rotatable bonds is 29. The van der Waals surface area contributed by atoms with Gasteiger partial charge in [0.2, 0.25) is 0 Å². The van der Waals surface area contributed by atoms with E-state index in [1.54, 1.807) is 0 Å². The van der Waals surface area contributed by atoms with E-state index >= 15 is 0 Å². The normalized spacial score (nSPS) is 12.8. The Labute approximate surface area is 236 Å². The van der Waals surface area contributed by atoms with E-state index in [0.717, 1.165) is 44.4 Å². The van der Waals surface area contributed by atoms with Crippen molar-refractivity contribution in [3.8, 4) is 0 Å². The molecule has 0 aromatic heterocycles. The molecule has 2 atom stereocenters. The number of hydrogen-bond acceptors (Lipinski definition) is 5. The highest BCUT2D eigenvalue weighted by molar-refractivity contribution is 5.70. The van der Waals surface area contributed by atoms with Gasteiger partial charge in [-0.25, -0.2) is 0 Å². The number of unbranched alkanes of at least 4 members (excludes halogenated alkanes) is 18. The fraction of sp³-hybridized carbons (Fsp3) is 0.939. The molecule has 0 aliphatic carbocycles. The highest BCUT2D eigenvalue weighted by Gasteiger charge is 2.16. The largest absolute Gasteiger partial charge is 0.462 e. The van der Waals surface area contributed by atoms with Crippen molar-refractivity contribution in [2.45, 2.75) is 181 Å². The lowest BCUT2D eigenvalue weighted by Crippen LogP contribution is -2.28. The van der Waals surface area contributed by atoms with Crippen LogP contribution >= 0.6 is 0 Å². The summed E-state index contributed by atoms with van der Waals surface area (Å²) in [4.78, 5) is 24.0. The van der Waals surface area contributed by atoms with Crippen LogP contribution in [0, 0.1) is 5.92 Å². The van der Waals surface area contributed by atoms with Crippen molar-refractivity contribution in [2.24, 2.45) is 5.92 Å². The molecule has 0 saturated heterocycles. The Balaban J connectivity index is 3.56. The van der Waals surface area contributed by atoms with E-state index in [2.05, 4.69) is 20.8 Å². The van der Waals surface area contributed by atoms with Crippen LogP contribution in [-0.2, 0) is 19.1 Å². The fourth-order valence-electron chi connectivity index (χ4n) is 4.76. The average molecular weight is 541 g/mol. The molecule has 0 heterocycles. The minimum atomic E-state index is -0.761. The second-order valence-corrected chi connectivity index (χ2v) is 11.5. The van der Waals surface area contributed by atoms with Crippen LogP contribution in [0.2, 0.25) is 0 Å². The van der Waals surface area contributed by atoms with Crippen LogP contribution < -0.4 is 0 Å². The van der Waals surface area contributed by atoms with Gasteiger partial charge < -0.3 is 14.6 Å². The van der Waals surface area contributed by atoms with Crippen molar-refractivity contribution in [3.05, 3.63) is 0 Å². The molecule has 5 heteroatoms. The Morgan fingerprint density at radius 1 is 0.605 bits per heavy atom. The minimum absolute atomic E-state index is 0.0601. The molecule has 1 N–H and O–H groups in total. The SMILES string of the molecule is CCCCCCCCCCCCCCCCC(=O)O[C@@H](CO)COC(=O)CCCCCCCCC(C)CC. The van der Waals surface area contributed by atoms with Crippen LogP contribution in [0.3, 0.4) is 0 Å². The summed E-state index contributed by atoms with van der Waals surface area (Å²) in [6.45, 7) is 6.44. The zero-order chi connectivity index (χ0) is 28.1. The molecule has 0 bridgehead atoms. The van der Waals surface area contributed by atoms with Gasteiger partial charge in [-0.15, -0.1) is 0 Å². The van der Waals surface area contributed by atoms with E-state index in [-0.39, 0.29) is 25.2 Å². The predicted octanol–water partition coefficient (Wildman–Crippen LogP) is 9.47. The van der Waals surface area contributed by atoms with Gasteiger partial charge in [0.25, 0.3) is 0 Å². The van der Waals surface area contributed by atoms with Crippen molar-refractivity contribution in [3.63, 3.8) is 0 Å². The average Bonchev–Trinajstić information content (AvgIpc) is 2.92. The minimum Gasteiger partial charge on any atom is -0.462 e. The van der Waals surface area contributed by atoms with Gasteiger partial charge in [0.1, 0.15) is 6.61 Å². The zero-order valence-corrected chi connectivity index (χ0v) is 25.6. The van der Waals surface area contributed by atoms with E-state index in [0.29, 0.717) is 12.8 Å². The van der Waals surface area contributed by atoms with E-state index in [9.17, 15) is 14.7 Å². The maximum Gasteiger partial charge on any atom is 0.306 e. The van der Waals surface area contributed by atoms with Gasteiger partial charge in [-0.1, -0.05) is 149 Å². The lowest BCUT2D eigenvalue weighted by atomic mass is 10.00. The molecule has 0 aromatic rings. The van der Waals surface area contributed by atoms with Gasteiger partial charge in [-0.3, -0.25) is 9.59 Å². The van der Waals surface area contributed by atoms with Crippen molar-refractivity contribution >= 4 is 11.9 Å². The van der Waals surface area contributed by atoms with E-state index in [1.165, 1.54) is 103 Å². The van der Waals surface area contributed by atoms with Crippen molar-refractivity contribution in [1.82, 2.24) is 0 Å². The molecular weight excluding hydrogens is 476 g/mol. The number of aliphatic hydroxyl groups is 1. The summed E-state index contributed by atoms with van der Waals surface area (Å²) in [5, 5.41) is 9.48. The van der Waals surface area contributed by atoms with Crippen LogP contribution in [0.25, 0.3) is 0 Å². The summed E-state index contributed by atoms with van der Waals surface area (Å²) in [5.41, 5.74) is 0. The zero-order valence-electron chi connectivity index (χ0n) is 25.6. The summed E-state index contributed by atoms with van der Waals surface area (Å²) in [7, 11) is 0. The first-order valence-electron chi connectivity index (χ1n) is 16.5. The lowest BCUT2D eigenvalue weighted by molar-refractivity contribution is -0.161. The summed E-state index contributed by atoms with van der Waals surface area (Å²) in [6.07, 6.45) is 27.3.